The molecule has 0 N–H and O–H groups in total. The summed E-state index contributed by atoms with van der Waals surface area (Å²) in [5.74, 6) is -1.78. The van der Waals surface area contributed by atoms with Gasteiger partial charge >= 0.3 is 5.97 Å². The first-order chi connectivity index (χ1) is 7.97. The molecule has 0 atom stereocenters. The number of rotatable bonds is 4. The number of halogens is 3. The number of esters is 1. The van der Waals surface area contributed by atoms with Crippen molar-refractivity contribution in [3.63, 3.8) is 0 Å². The van der Waals surface area contributed by atoms with Crippen LogP contribution in [0, 0.1) is 12.7 Å². The van der Waals surface area contributed by atoms with Crippen molar-refractivity contribution in [3.8, 4) is 0 Å². The van der Waals surface area contributed by atoms with E-state index in [2.05, 4.69) is 9.72 Å². The Morgan fingerprint density at radius 3 is 2.71 bits per heavy atom. The van der Waals surface area contributed by atoms with Gasteiger partial charge in [-0.15, -0.1) is 0 Å². The van der Waals surface area contributed by atoms with Crippen molar-refractivity contribution in [1.29, 1.82) is 0 Å². The zero-order valence-electron chi connectivity index (χ0n) is 9.47. The van der Waals surface area contributed by atoms with Gasteiger partial charge in [-0.1, -0.05) is 0 Å². The molecule has 17 heavy (non-hydrogen) atoms. The average molecular weight is 247 g/mol. The molecule has 1 aromatic rings. The zero-order valence-corrected chi connectivity index (χ0v) is 9.47. The highest BCUT2D eigenvalue weighted by Gasteiger charge is 2.21. The van der Waals surface area contributed by atoms with Crippen molar-refractivity contribution in [3.05, 3.63) is 28.8 Å². The number of hydrogen-bond donors (Lipinski definition) is 0. The van der Waals surface area contributed by atoms with Crippen molar-refractivity contribution >= 4 is 5.97 Å². The van der Waals surface area contributed by atoms with E-state index in [0.29, 0.717) is 5.56 Å². The van der Waals surface area contributed by atoms with Gasteiger partial charge in [0.15, 0.2) is 5.82 Å². The molecular formula is C11H12F3NO2. The maximum Gasteiger partial charge on any atom is 0.310 e. The summed E-state index contributed by atoms with van der Waals surface area (Å²) >= 11 is 0. The van der Waals surface area contributed by atoms with Crippen LogP contribution in [0.25, 0.3) is 0 Å². The van der Waals surface area contributed by atoms with E-state index in [4.69, 9.17) is 0 Å². The van der Waals surface area contributed by atoms with Crippen molar-refractivity contribution in [2.75, 3.05) is 6.61 Å². The Bertz CT molecular complexity index is 421. The van der Waals surface area contributed by atoms with Gasteiger partial charge in [-0.2, -0.15) is 0 Å². The molecule has 0 aliphatic heterocycles. The van der Waals surface area contributed by atoms with Crippen LogP contribution in [0.5, 0.6) is 0 Å². The number of pyridine rings is 1. The third-order valence-electron chi connectivity index (χ3n) is 2.20. The number of alkyl halides is 2. The molecule has 0 saturated carbocycles. The minimum absolute atomic E-state index is 0.0891. The van der Waals surface area contributed by atoms with Crippen molar-refractivity contribution in [2.45, 2.75) is 26.7 Å². The molecular weight excluding hydrogens is 235 g/mol. The van der Waals surface area contributed by atoms with E-state index in [-0.39, 0.29) is 18.6 Å². The lowest BCUT2D eigenvalue weighted by molar-refractivity contribution is -0.142. The zero-order chi connectivity index (χ0) is 13.0. The van der Waals surface area contributed by atoms with Gasteiger partial charge in [0.25, 0.3) is 6.43 Å². The van der Waals surface area contributed by atoms with E-state index in [1.165, 1.54) is 6.92 Å². The van der Waals surface area contributed by atoms with E-state index in [0.717, 1.165) is 6.20 Å². The number of ether oxygens (including phenoxy) is 1. The predicted molar refractivity (Wildman–Crippen MR) is 54.2 cm³/mol. The van der Waals surface area contributed by atoms with Crippen LogP contribution in [0.2, 0.25) is 0 Å². The van der Waals surface area contributed by atoms with Gasteiger partial charge in [0.1, 0.15) is 5.69 Å². The first-order valence-electron chi connectivity index (χ1n) is 5.05. The molecule has 0 aromatic carbocycles. The van der Waals surface area contributed by atoms with E-state index in [1.807, 2.05) is 0 Å². The second kappa shape index (κ2) is 5.65. The lowest BCUT2D eigenvalue weighted by Crippen LogP contribution is -2.12. The molecule has 1 aromatic heterocycles. The van der Waals surface area contributed by atoms with Gasteiger partial charge < -0.3 is 4.74 Å². The van der Waals surface area contributed by atoms with Crippen LogP contribution in [-0.4, -0.2) is 17.6 Å². The molecule has 0 unspecified atom stereocenters. The highest BCUT2D eigenvalue weighted by molar-refractivity contribution is 5.73. The summed E-state index contributed by atoms with van der Waals surface area (Å²) in [7, 11) is 0. The first-order valence-corrected chi connectivity index (χ1v) is 5.05. The molecule has 0 aliphatic rings. The number of carbonyl (C=O) groups is 1. The Hall–Kier alpha value is -1.59. The topological polar surface area (TPSA) is 39.2 Å². The molecule has 0 radical (unpaired) electrons. The van der Waals surface area contributed by atoms with Crippen LogP contribution in [0.1, 0.15) is 30.2 Å². The second-order valence-electron chi connectivity index (χ2n) is 3.40. The summed E-state index contributed by atoms with van der Waals surface area (Å²) < 4.78 is 43.1. The Kier molecular flexibility index (Phi) is 4.48. The van der Waals surface area contributed by atoms with Gasteiger partial charge in [-0.05, 0) is 19.4 Å². The fourth-order valence-corrected chi connectivity index (χ4v) is 1.35. The summed E-state index contributed by atoms with van der Waals surface area (Å²) in [5, 5.41) is 0. The summed E-state index contributed by atoms with van der Waals surface area (Å²) in [6.45, 7) is 3.27. The van der Waals surface area contributed by atoms with Crippen LogP contribution in [0.15, 0.2) is 6.20 Å². The Labute approximate surface area is 96.6 Å². The normalized spacial score (nSPS) is 10.7. The van der Waals surface area contributed by atoms with Gasteiger partial charge in [0, 0.05) is 11.8 Å². The lowest BCUT2D eigenvalue weighted by atomic mass is 10.1. The van der Waals surface area contributed by atoms with Crippen LogP contribution in [0.3, 0.4) is 0 Å². The number of aryl methyl sites for hydroxylation is 1. The summed E-state index contributed by atoms with van der Waals surface area (Å²) in [4.78, 5) is 14.5. The molecule has 0 aliphatic carbocycles. The maximum atomic E-state index is 13.6. The third-order valence-corrected chi connectivity index (χ3v) is 2.20. The molecule has 6 heteroatoms. The minimum Gasteiger partial charge on any atom is -0.466 e. The van der Waals surface area contributed by atoms with Gasteiger partial charge in [0.2, 0.25) is 0 Å². The van der Waals surface area contributed by atoms with E-state index >= 15 is 0 Å². The molecule has 0 fully saturated rings. The van der Waals surface area contributed by atoms with Crippen LogP contribution in [-0.2, 0) is 16.0 Å². The van der Waals surface area contributed by atoms with Crippen molar-refractivity contribution in [1.82, 2.24) is 4.98 Å². The van der Waals surface area contributed by atoms with E-state index in [1.54, 1.807) is 6.92 Å². The highest BCUT2D eigenvalue weighted by Crippen LogP contribution is 2.24. The molecule has 0 saturated heterocycles. The van der Waals surface area contributed by atoms with Gasteiger partial charge in [-0.25, -0.2) is 13.2 Å². The quantitative estimate of drug-likeness (QED) is 0.767. The lowest BCUT2D eigenvalue weighted by Gasteiger charge is -2.09. The summed E-state index contributed by atoms with van der Waals surface area (Å²) in [6.07, 6.45) is -2.25. The summed E-state index contributed by atoms with van der Waals surface area (Å²) in [6, 6.07) is 0. The first kappa shape index (κ1) is 13.5. The average Bonchev–Trinajstić information content (AvgIpc) is 2.24. The number of hydrogen-bond acceptors (Lipinski definition) is 3. The second-order valence-corrected chi connectivity index (χ2v) is 3.40. The van der Waals surface area contributed by atoms with Crippen LogP contribution < -0.4 is 0 Å². The van der Waals surface area contributed by atoms with E-state index in [9.17, 15) is 18.0 Å². The standard InChI is InChI=1S/C11H12F3NO2/c1-3-17-8(16)4-7-6(2)5-15-10(9(7)12)11(13)14/h5,11H,3-4H2,1-2H3. The molecule has 1 rings (SSSR count). The molecule has 0 spiro atoms. The maximum absolute atomic E-state index is 13.6. The molecule has 0 amide bonds. The largest absolute Gasteiger partial charge is 0.466 e. The van der Waals surface area contributed by atoms with Crippen molar-refractivity contribution in [2.24, 2.45) is 0 Å². The summed E-state index contributed by atoms with van der Waals surface area (Å²) in [5.41, 5.74) is -0.677. The highest BCUT2D eigenvalue weighted by atomic mass is 19.3. The fraction of sp³-hybridized carbons (Fsp3) is 0.455. The minimum atomic E-state index is -3.00. The smallest absolute Gasteiger partial charge is 0.310 e. The Balaban J connectivity index is 3.05. The fourth-order valence-electron chi connectivity index (χ4n) is 1.35. The van der Waals surface area contributed by atoms with E-state index < -0.39 is 23.9 Å². The van der Waals surface area contributed by atoms with Gasteiger partial charge in [0.05, 0.1) is 13.0 Å². The SMILES string of the molecule is CCOC(=O)Cc1c(C)cnc(C(F)F)c1F. The number of carbonyl (C=O) groups excluding carboxylic acids is 1. The monoisotopic (exact) mass is 247 g/mol. The number of nitrogens with zero attached hydrogens (tertiary/aromatic N) is 1. The third kappa shape index (κ3) is 3.18. The Morgan fingerprint density at radius 1 is 1.53 bits per heavy atom. The Morgan fingerprint density at radius 2 is 2.18 bits per heavy atom. The molecule has 3 nitrogen and oxygen atoms in total. The molecule has 94 valence electrons. The van der Waals surface area contributed by atoms with Crippen LogP contribution in [0.4, 0.5) is 13.2 Å². The predicted octanol–water partition coefficient (Wildman–Crippen LogP) is 2.57. The van der Waals surface area contributed by atoms with Crippen LogP contribution >= 0.6 is 0 Å². The van der Waals surface area contributed by atoms with Crippen molar-refractivity contribution < 1.29 is 22.7 Å². The molecule has 0 bridgehead atoms. The number of aromatic nitrogens is 1. The molecule has 1 heterocycles. The van der Waals surface area contributed by atoms with Gasteiger partial charge in [-0.3, -0.25) is 9.78 Å².